The Morgan fingerprint density at radius 2 is 1.98 bits per heavy atom. The quantitative estimate of drug-likeness (QED) is 0.275. The molecule has 2 atom stereocenters. The Bertz CT molecular complexity index is 1970. The molecule has 1 aliphatic heterocycles. The van der Waals surface area contributed by atoms with Crippen molar-refractivity contribution in [1.82, 2.24) is 24.4 Å². The smallest absolute Gasteiger partial charge is 0.341 e. The number of anilines is 2. The fourth-order valence-electron chi connectivity index (χ4n) is 6.04. The van der Waals surface area contributed by atoms with Gasteiger partial charge in [-0.3, -0.25) is 4.79 Å². The summed E-state index contributed by atoms with van der Waals surface area (Å²) in [6, 6.07) is 2.25. The second kappa shape index (κ2) is 10.0. The molecule has 13 heteroatoms. The molecule has 42 heavy (non-hydrogen) atoms. The SMILES string of the molecule is CNc1cc(F)c(F)c2c1[nH]c1ncc(-c3cnc4c(c3)c(=O)c(C(=O)O)cn4C)c(N3CC(F)CC3CN(C)C)c12. The predicted molar refractivity (Wildman–Crippen MR) is 155 cm³/mol. The molecule has 0 amide bonds. The first-order valence-electron chi connectivity index (χ1n) is 13.3. The molecule has 0 aliphatic carbocycles. The van der Waals surface area contributed by atoms with Gasteiger partial charge in [-0.2, -0.15) is 0 Å². The number of aromatic carboxylic acids is 1. The average molecular weight is 580 g/mol. The third-order valence-corrected chi connectivity index (χ3v) is 7.81. The van der Waals surface area contributed by atoms with Crippen LogP contribution in [0.25, 0.3) is 44.1 Å². The number of rotatable bonds is 6. The first kappa shape index (κ1) is 27.5. The van der Waals surface area contributed by atoms with E-state index >= 15 is 8.78 Å². The average Bonchev–Trinajstić information content (AvgIpc) is 3.51. The summed E-state index contributed by atoms with van der Waals surface area (Å²) in [5.74, 6) is -3.51. The van der Waals surface area contributed by atoms with E-state index in [1.165, 1.54) is 29.2 Å². The maximum Gasteiger partial charge on any atom is 0.341 e. The van der Waals surface area contributed by atoms with Crippen molar-refractivity contribution in [3.05, 3.63) is 58.1 Å². The van der Waals surface area contributed by atoms with Gasteiger partial charge in [0.25, 0.3) is 0 Å². The largest absolute Gasteiger partial charge is 0.477 e. The van der Waals surface area contributed by atoms with Gasteiger partial charge in [0.15, 0.2) is 11.6 Å². The van der Waals surface area contributed by atoms with E-state index in [1.54, 1.807) is 14.1 Å². The summed E-state index contributed by atoms with van der Waals surface area (Å²) in [5.41, 5.74) is 1.23. The predicted octanol–water partition coefficient (Wildman–Crippen LogP) is 4.13. The van der Waals surface area contributed by atoms with E-state index in [0.29, 0.717) is 34.6 Å². The van der Waals surface area contributed by atoms with Crippen LogP contribution in [-0.4, -0.2) is 81.9 Å². The van der Waals surface area contributed by atoms with Crippen molar-refractivity contribution >= 4 is 50.3 Å². The number of nitrogens with zero attached hydrogens (tertiary/aromatic N) is 5. The summed E-state index contributed by atoms with van der Waals surface area (Å²) in [6.45, 7) is 0.488. The van der Waals surface area contributed by atoms with Gasteiger partial charge < -0.3 is 29.8 Å². The van der Waals surface area contributed by atoms with E-state index in [4.69, 9.17) is 0 Å². The van der Waals surface area contributed by atoms with Crippen molar-refractivity contribution in [2.45, 2.75) is 18.6 Å². The van der Waals surface area contributed by atoms with Crippen LogP contribution < -0.4 is 15.6 Å². The zero-order chi connectivity index (χ0) is 30.0. The van der Waals surface area contributed by atoms with Crippen LogP contribution in [0.15, 0.2) is 35.5 Å². The van der Waals surface area contributed by atoms with E-state index in [9.17, 15) is 19.1 Å². The second-order valence-corrected chi connectivity index (χ2v) is 10.9. The fraction of sp³-hybridized carbons (Fsp3) is 0.310. The summed E-state index contributed by atoms with van der Waals surface area (Å²) in [7, 11) is 6.91. The lowest BCUT2D eigenvalue weighted by atomic mass is 10.0. The Hall–Kier alpha value is -4.65. The van der Waals surface area contributed by atoms with Gasteiger partial charge in [-0.15, -0.1) is 0 Å². The van der Waals surface area contributed by atoms with Crippen LogP contribution in [0.1, 0.15) is 16.8 Å². The number of fused-ring (bicyclic) bond motifs is 4. The third kappa shape index (κ3) is 4.23. The minimum atomic E-state index is -1.37. The monoisotopic (exact) mass is 579 g/mol. The Morgan fingerprint density at radius 3 is 2.67 bits per heavy atom. The molecule has 6 rings (SSSR count). The zero-order valence-corrected chi connectivity index (χ0v) is 23.3. The molecule has 4 aromatic heterocycles. The highest BCUT2D eigenvalue weighted by atomic mass is 19.2. The number of halogens is 3. The molecular formula is C29H28F3N7O3. The van der Waals surface area contributed by atoms with Crippen molar-refractivity contribution < 1.29 is 23.1 Å². The van der Waals surface area contributed by atoms with E-state index in [1.807, 2.05) is 23.9 Å². The summed E-state index contributed by atoms with van der Waals surface area (Å²) in [5, 5.41) is 12.7. The summed E-state index contributed by atoms with van der Waals surface area (Å²) >= 11 is 0. The molecular weight excluding hydrogens is 551 g/mol. The van der Waals surface area contributed by atoms with Gasteiger partial charge >= 0.3 is 5.97 Å². The Kier molecular flexibility index (Phi) is 6.56. The van der Waals surface area contributed by atoms with Gasteiger partial charge in [-0.1, -0.05) is 0 Å². The number of aromatic amines is 1. The van der Waals surface area contributed by atoms with E-state index in [0.717, 1.165) is 6.07 Å². The Morgan fingerprint density at radius 1 is 1.21 bits per heavy atom. The summed E-state index contributed by atoms with van der Waals surface area (Å²) < 4.78 is 47.0. The number of H-pyrrole nitrogens is 1. The number of alkyl halides is 1. The normalized spacial score (nSPS) is 17.3. The van der Waals surface area contributed by atoms with Gasteiger partial charge in [0, 0.05) is 75.4 Å². The van der Waals surface area contributed by atoms with Crippen molar-refractivity contribution in [3.8, 4) is 11.1 Å². The molecule has 218 valence electrons. The molecule has 5 heterocycles. The lowest BCUT2D eigenvalue weighted by Crippen LogP contribution is -2.38. The van der Waals surface area contributed by atoms with Gasteiger partial charge in [0.2, 0.25) is 5.43 Å². The van der Waals surface area contributed by atoms with Crippen LogP contribution in [0.2, 0.25) is 0 Å². The highest BCUT2D eigenvalue weighted by Crippen LogP contribution is 2.45. The number of hydrogen-bond acceptors (Lipinski definition) is 7. The molecule has 10 nitrogen and oxygen atoms in total. The molecule has 0 saturated carbocycles. The Balaban J connectivity index is 1.73. The van der Waals surface area contributed by atoms with Gasteiger partial charge in [-0.05, 0) is 20.2 Å². The van der Waals surface area contributed by atoms with Gasteiger partial charge in [-0.25, -0.2) is 27.9 Å². The van der Waals surface area contributed by atoms with Crippen LogP contribution in [0.5, 0.6) is 0 Å². The fourth-order valence-corrected chi connectivity index (χ4v) is 6.04. The third-order valence-electron chi connectivity index (χ3n) is 7.81. The minimum Gasteiger partial charge on any atom is -0.477 e. The number of hydrogen-bond donors (Lipinski definition) is 3. The van der Waals surface area contributed by atoms with Crippen molar-refractivity contribution in [2.75, 3.05) is 44.4 Å². The zero-order valence-electron chi connectivity index (χ0n) is 23.3. The number of aromatic nitrogens is 4. The van der Waals surface area contributed by atoms with E-state index in [-0.39, 0.29) is 46.5 Å². The van der Waals surface area contributed by atoms with Gasteiger partial charge in [0.1, 0.15) is 23.0 Å². The first-order valence-corrected chi connectivity index (χ1v) is 13.3. The van der Waals surface area contributed by atoms with Crippen molar-refractivity contribution in [3.63, 3.8) is 0 Å². The molecule has 3 N–H and O–H groups in total. The number of likely N-dealkylation sites (N-methyl/N-ethyl adjacent to an activating group) is 1. The standard InChI is InChI=1S/C29H28F3N7O3/c1-33-20-7-19(31)23(32)21-22-25(39-10-14(30)6-15(39)11-37(2)3)17(9-34-27(22)36-24(20)21)13-5-16-26(40)18(29(41)42)12-38(4)28(16)35-8-13/h5,7-9,12,14-15,33H,6,10-11H2,1-4H3,(H,34,36)(H,41,42). The van der Waals surface area contributed by atoms with Crippen LogP contribution >= 0.6 is 0 Å². The number of benzene rings is 1. The minimum absolute atomic E-state index is 0.000942. The maximum absolute atomic E-state index is 15.6. The van der Waals surface area contributed by atoms with E-state index < -0.39 is 34.8 Å². The highest BCUT2D eigenvalue weighted by Gasteiger charge is 2.36. The number of pyridine rings is 3. The van der Waals surface area contributed by atoms with Crippen LogP contribution in [0, 0.1) is 11.6 Å². The molecule has 1 aromatic carbocycles. The van der Waals surface area contributed by atoms with Crippen LogP contribution in [0.3, 0.4) is 0 Å². The van der Waals surface area contributed by atoms with Crippen LogP contribution in [-0.2, 0) is 7.05 Å². The molecule has 1 fully saturated rings. The lowest BCUT2D eigenvalue weighted by molar-refractivity contribution is 0.0695. The lowest BCUT2D eigenvalue weighted by Gasteiger charge is -2.31. The molecule has 2 unspecified atom stereocenters. The second-order valence-electron chi connectivity index (χ2n) is 10.9. The first-order chi connectivity index (χ1) is 20.0. The summed E-state index contributed by atoms with van der Waals surface area (Å²) in [4.78, 5) is 40.7. The molecule has 1 saturated heterocycles. The number of carboxylic acid groups (broad SMARTS) is 1. The van der Waals surface area contributed by atoms with Gasteiger partial charge in [0.05, 0.1) is 33.1 Å². The van der Waals surface area contributed by atoms with Crippen LogP contribution in [0.4, 0.5) is 24.5 Å². The molecule has 0 spiro atoms. The number of nitrogens with one attached hydrogen (secondary N) is 2. The number of carboxylic acids is 1. The topological polar surface area (TPSA) is 119 Å². The van der Waals surface area contributed by atoms with Crippen molar-refractivity contribution in [2.24, 2.45) is 7.05 Å². The molecule has 0 radical (unpaired) electrons. The Labute approximate surface area is 237 Å². The number of aryl methyl sites for hydroxylation is 1. The van der Waals surface area contributed by atoms with Crippen molar-refractivity contribution in [1.29, 1.82) is 0 Å². The number of carbonyl (C=O) groups is 1. The molecule has 1 aliphatic rings. The molecule has 5 aromatic rings. The van der Waals surface area contributed by atoms with E-state index in [2.05, 4.69) is 20.3 Å². The highest BCUT2D eigenvalue weighted by molar-refractivity contribution is 6.18. The molecule has 0 bridgehead atoms. The summed E-state index contributed by atoms with van der Waals surface area (Å²) in [6.07, 6.45) is 3.28. The maximum atomic E-state index is 15.6.